The fourth-order valence-electron chi connectivity index (χ4n) is 7.03. The van der Waals surface area contributed by atoms with Gasteiger partial charge in [-0.2, -0.15) is 0 Å². The Labute approximate surface area is 395 Å². The van der Waals surface area contributed by atoms with Gasteiger partial charge in [0.1, 0.15) is 48.3 Å². The maximum Gasteiger partial charge on any atom is 0.326 e. The third kappa shape index (κ3) is 20.9. The summed E-state index contributed by atoms with van der Waals surface area (Å²) >= 11 is 0. The molecule has 1 heterocycles. The Morgan fingerprint density at radius 2 is 1.12 bits per heavy atom. The quantitative estimate of drug-likeness (QED) is 0.0275. The summed E-state index contributed by atoms with van der Waals surface area (Å²) in [4.78, 5) is 143. The first-order valence-electron chi connectivity index (χ1n) is 23.0. The number of nitrogens with one attached hydrogen (secondary N) is 7. The van der Waals surface area contributed by atoms with Gasteiger partial charge in [0.25, 0.3) is 0 Å². The van der Waals surface area contributed by atoms with Crippen molar-refractivity contribution in [2.45, 2.75) is 166 Å². The fourth-order valence-corrected chi connectivity index (χ4v) is 7.03. The number of nitrogens with two attached hydrogens (primary N) is 4. The highest BCUT2D eigenvalue weighted by Crippen LogP contribution is 2.21. The van der Waals surface area contributed by atoms with E-state index in [1.54, 1.807) is 13.8 Å². The molecule has 9 amide bonds. The maximum atomic E-state index is 13.8. The number of carboxylic acid groups (broad SMARTS) is 2. The van der Waals surface area contributed by atoms with Gasteiger partial charge >= 0.3 is 11.9 Å². The summed E-state index contributed by atoms with van der Waals surface area (Å²) in [5, 5.41) is 45.4. The van der Waals surface area contributed by atoms with Crippen LogP contribution in [0, 0.1) is 5.92 Å². The maximum absolute atomic E-state index is 13.8. The summed E-state index contributed by atoms with van der Waals surface area (Å²) in [6.07, 6.45) is 1.16. The second-order valence-corrected chi connectivity index (χ2v) is 16.9. The predicted octanol–water partition coefficient (Wildman–Crippen LogP) is -4.75. The first-order valence-corrected chi connectivity index (χ1v) is 23.0. The van der Waals surface area contributed by atoms with Crippen LogP contribution in [0.15, 0.2) is 0 Å². The lowest BCUT2D eigenvalue weighted by molar-refractivity contribution is -0.144. The molecule has 1 aliphatic rings. The highest BCUT2D eigenvalue weighted by atomic mass is 16.4. The molecule has 1 rings (SSSR count). The van der Waals surface area contributed by atoms with Gasteiger partial charge in [0.2, 0.25) is 53.2 Å². The van der Waals surface area contributed by atoms with Gasteiger partial charge < -0.3 is 80.4 Å². The molecule has 0 saturated carbocycles. The average molecular weight is 971 g/mol. The van der Waals surface area contributed by atoms with E-state index in [1.165, 1.54) is 18.7 Å². The van der Waals surface area contributed by atoms with Crippen molar-refractivity contribution in [3.8, 4) is 0 Å². The molecule has 68 heavy (non-hydrogen) atoms. The monoisotopic (exact) mass is 971 g/mol. The normalized spacial score (nSPS) is 17.3. The van der Waals surface area contributed by atoms with Crippen molar-refractivity contribution >= 4 is 65.1 Å². The molecule has 0 spiro atoms. The van der Waals surface area contributed by atoms with Crippen molar-refractivity contribution in [3.05, 3.63) is 0 Å². The standard InChI is InChI=1S/C42H74N12O14/c1-5-22(2)33(53-39(64)30-13-10-20-54(30)41(66)27(12-7-9-19-44)50-34(59)23(3)45)40(65)47-24(4)35(60)48-26(14-16-31(46)56)37(62)49-25(11-6-8-18-43)36(61)52-29(21-55)38(63)51-28(42(67)68)15-17-32(57)58/h22-30,33,55H,5-21,43-45H2,1-4H3,(H2,46,56)(H,47,65)(H,48,60)(H,49,62)(H,50,59)(H,51,63)(H,52,61)(H,53,64)(H,57,58)(H,67,68)/t22-,23-,24-,25-,26-,27-,28-,29-,30-,33-/m0/s1. The number of nitrogens with zero attached hydrogens (tertiary/aromatic N) is 1. The Morgan fingerprint density at radius 1 is 0.618 bits per heavy atom. The van der Waals surface area contributed by atoms with Crippen LogP contribution in [0.25, 0.3) is 0 Å². The van der Waals surface area contributed by atoms with Gasteiger partial charge in [-0.25, -0.2) is 4.79 Å². The zero-order valence-corrected chi connectivity index (χ0v) is 39.4. The number of amides is 9. The molecule has 0 unspecified atom stereocenters. The molecule has 1 aliphatic heterocycles. The van der Waals surface area contributed by atoms with E-state index in [9.17, 15) is 63.0 Å². The van der Waals surface area contributed by atoms with Crippen LogP contribution in [-0.2, 0) is 52.7 Å². The van der Waals surface area contributed by atoms with Crippen LogP contribution in [0.2, 0.25) is 0 Å². The summed E-state index contributed by atoms with van der Waals surface area (Å²) in [6, 6.07) is -11.8. The Hall–Kier alpha value is -5.99. The summed E-state index contributed by atoms with van der Waals surface area (Å²) < 4.78 is 0. The van der Waals surface area contributed by atoms with Gasteiger partial charge in [0, 0.05) is 19.4 Å². The van der Waals surface area contributed by atoms with Crippen LogP contribution in [0.5, 0.6) is 0 Å². The second-order valence-electron chi connectivity index (χ2n) is 16.9. The number of hydrogen-bond acceptors (Lipinski definition) is 15. The van der Waals surface area contributed by atoms with Crippen LogP contribution in [0.4, 0.5) is 0 Å². The third-order valence-electron chi connectivity index (χ3n) is 11.3. The van der Waals surface area contributed by atoms with Crippen molar-refractivity contribution in [3.63, 3.8) is 0 Å². The minimum absolute atomic E-state index is 0.0805. The lowest BCUT2D eigenvalue weighted by Gasteiger charge is -2.31. The molecule has 26 heteroatoms. The molecule has 1 saturated heterocycles. The zero-order chi connectivity index (χ0) is 51.7. The van der Waals surface area contributed by atoms with E-state index in [2.05, 4.69) is 37.2 Å². The van der Waals surface area contributed by atoms with E-state index < -0.39 is 151 Å². The SMILES string of the molecule is CC[C@H](C)[C@H](NC(=O)[C@@H]1CCCN1C(=O)[C@H](CCCCN)NC(=O)[C@H](C)N)C(=O)N[C@@H](C)C(=O)N[C@@H](CCC(N)=O)C(=O)N[C@@H](CCCCN)C(=O)N[C@@H](CO)C(=O)N[C@@H](CCC(=O)O)C(=O)O. The summed E-state index contributed by atoms with van der Waals surface area (Å²) in [7, 11) is 0. The van der Waals surface area contributed by atoms with Crippen molar-refractivity contribution in [2.75, 3.05) is 26.2 Å². The van der Waals surface area contributed by atoms with Gasteiger partial charge in [0.15, 0.2) is 0 Å². The van der Waals surface area contributed by atoms with Crippen LogP contribution < -0.4 is 60.2 Å². The van der Waals surface area contributed by atoms with Crippen LogP contribution in [0.3, 0.4) is 0 Å². The van der Waals surface area contributed by atoms with E-state index in [0.29, 0.717) is 38.6 Å². The van der Waals surface area contributed by atoms with Crippen molar-refractivity contribution < 1.29 is 68.1 Å². The Bertz CT molecular complexity index is 1750. The highest BCUT2D eigenvalue weighted by Gasteiger charge is 2.40. The van der Waals surface area contributed by atoms with E-state index in [4.69, 9.17) is 28.0 Å². The average Bonchev–Trinajstić information content (AvgIpc) is 3.78. The first-order chi connectivity index (χ1) is 32.0. The number of aliphatic hydroxyl groups is 1. The minimum atomic E-state index is -1.75. The summed E-state index contributed by atoms with van der Waals surface area (Å²) in [5.74, 6) is -10.8. The number of hydrogen-bond donors (Lipinski definition) is 14. The molecule has 18 N–H and O–H groups in total. The number of carboxylic acids is 2. The van der Waals surface area contributed by atoms with Crippen LogP contribution in [-0.4, -0.2) is 166 Å². The number of likely N-dealkylation sites (tertiary alicyclic amines) is 1. The lowest BCUT2D eigenvalue weighted by atomic mass is 9.97. The van der Waals surface area contributed by atoms with E-state index >= 15 is 0 Å². The molecular formula is C42H74N12O14. The van der Waals surface area contributed by atoms with Crippen LogP contribution in [0.1, 0.15) is 111 Å². The van der Waals surface area contributed by atoms with E-state index in [1.807, 2.05) is 0 Å². The Kier molecular flexibility index (Phi) is 27.5. The summed E-state index contributed by atoms with van der Waals surface area (Å²) in [5.41, 5.74) is 22.3. The smallest absolute Gasteiger partial charge is 0.326 e. The molecular weight excluding hydrogens is 897 g/mol. The predicted molar refractivity (Wildman–Crippen MR) is 243 cm³/mol. The number of rotatable bonds is 33. The number of unbranched alkanes of at least 4 members (excludes halogenated alkanes) is 2. The van der Waals surface area contributed by atoms with Gasteiger partial charge in [0.05, 0.1) is 12.6 Å². The Balaban J connectivity index is 3.24. The molecule has 26 nitrogen and oxygen atoms in total. The second kappa shape index (κ2) is 31.1. The number of aliphatic carboxylic acids is 2. The summed E-state index contributed by atoms with van der Waals surface area (Å²) in [6.45, 7) is 5.99. The van der Waals surface area contributed by atoms with E-state index in [-0.39, 0.29) is 45.2 Å². The molecule has 0 aliphatic carbocycles. The lowest BCUT2D eigenvalue weighted by Crippen LogP contribution is -2.60. The molecule has 386 valence electrons. The number of carbonyl (C=O) groups is 11. The molecule has 10 atom stereocenters. The number of aliphatic hydroxyl groups excluding tert-OH is 1. The van der Waals surface area contributed by atoms with Gasteiger partial charge in [-0.1, -0.05) is 20.3 Å². The molecule has 0 aromatic heterocycles. The van der Waals surface area contributed by atoms with Gasteiger partial charge in [-0.3, -0.25) is 47.9 Å². The van der Waals surface area contributed by atoms with Crippen molar-refractivity contribution in [1.29, 1.82) is 0 Å². The van der Waals surface area contributed by atoms with E-state index in [0.717, 1.165) is 0 Å². The highest BCUT2D eigenvalue weighted by molar-refractivity contribution is 5.98. The zero-order valence-electron chi connectivity index (χ0n) is 39.4. The van der Waals surface area contributed by atoms with Crippen molar-refractivity contribution in [1.82, 2.24) is 42.1 Å². The number of carbonyl (C=O) groups excluding carboxylic acids is 9. The topological polar surface area (TPSA) is 440 Å². The largest absolute Gasteiger partial charge is 0.481 e. The molecule has 1 fully saturated rings. The molecule has 0 bridgehead atoms. The van der Waals surface area contributed by atoms with Crippen LogP contribution >= 0.6 is 0 Å². The molecule has 0 aromatic carbocycles. The number of primary amides is 1. The van der Waals surface area contributed by atoms with Gasteiger partial charge in [-0.15, -0.1) is 0 Å². The fraction of sp³-hybridized carbons (Fsp3) is 0.738. The Morgan fingerprint density at radius 3 is 1.63 bits per heavy atom. The third-order valence-corrected chi connectivity index (χ3v) is 11.3. The first kappa shape index (κ1) is 60.0. The minimum Gasteiger partial charge on any atom is -0.481 e. The van der Waals surface area contributed by atoms with Crippen molar-refractivity contribution in [2.24, 2.45) is 28.9 Å². The molecule has 0 radical (unpaired) electrons. The van der Waals surface area contributed by atoms with Gasteiger partial charge in [-0.05, 0) is 97.1 Å². The molecule has 0 aromatic rings.